The number of aromatic nitrogens is 1. The van der Waals surface area contributed by atoms with E-state index in [1.54, 1.807) is 13.8 Å². The molecule has 6 heteroatoms. The molecule has 0 saturated carbocycles. The third-order valence-electron chi connectivity index (χ3n) is 5.87. The van der Waals surface area contributed by atoms with E-state index in [4.69, 9.17) is 9.15 Å². The average molecular weight is 418 g/mol. The first kappa shape index (κ1) is 20.7. The number of hydrogen-bond acceptors (Lipinski definition) is 4. The van der Waals surface area contributed by atoms with Crippen molar-refractivity contribution in [3.63, 3.8) is 0 Å². The van der Waals surface area contributed by atoms with E-state index < -0.39 is 6.10 Å². The summed E-state index contributed by atoms with van der Waals surface area (Å²) in [5.41, 5.74) is 4.59. The minimum Gasteiger partial charge on any atom is -0.480 e. The summed E-state index contributed by atoms with van der Waals surface area (Å²) in [6.07, 6.45) is 2.02. The van der Waals surface area contributed by atoms with Crippen LogP contribution in [-0.4, -0.2) is 23.5 Å². The number of benzene rings is 2. The Morgan fingerprint density at radius 3 is 2.65 bits per heavy atom. The number of aromatic amines is 1. The van der Waals surface area contributed by atoms with Gasteiger partial charge in [0.25, 0.3) is 5.91 Å². The van der Waals surface area contributed by atoms with Crippen LogP contribution < -0.4 is 15.7 Å². The van der Waals surface area contributed by atoms with Gasteiger partial charge in [-0.05, 0) is 63.4 Å². The van der Waals surface area contributed by atoms with Gasteiger partial charge < -0.3 is 19.5 Å². The van der Waals surface area contributed by atoms with E-state index in [2.05, 4.69) is 16.4 Å². The lowest BCUT2D eigenvalue weighted by atomic mass is 10.0. The minimum absolute atomic E-state index is 0.194. The van der Waals surface area contributed by atoms with Gasteiger partial charge in [-0.2, -0.15) is 0 Å². The number of fused-ring (bicyclic) bond motifs is 2. The third-order valence-corrected chi connectivity index (χ3v) is 5.87. The second kappa shape index (κ2) is 8.30. The molecule has 0 aliphatic carbocycles. The summed E-state index contributed by atoms with van der Waals surface area (Å²) in [6.45, 7) is 7.71. The predicted octanol–water partition coefficient (Wildman–Crippen LogP) is 4.33. The van der Waals surface area contributed by atoms with Gasteiger partial charge in [-0.25, -0.2) is 4.79 Å². The van der Waals surface area contributed by atoms with Gasteiger partial charge in [0.05, 0.1) is 0 Å². The van der Waals surface area contributed by atoms with Crippen LogP contribution in [0.4, 0.5) is 0 Å². The van der Waals surface area contributed by atoms with Gasteiger partial charge in [0.2, 0.25) is 0 Å². The monoisotopic (exact) mass is 418 g/mol. The van der Waals surface area contributed by atoms with E-state index in [0.717, 1.165) is 28.5 Å². The van der Waals surface area contributed by atoms with Gasteiger partial charge in [0.1, 0.15) is 11.3 Å². The molecule has 0 saturated heterocycles. The number of carbonyl (C=O) groups is 1. The Morgan fingerprint density at radius 1 is 1.06 bits per heavy atom. The Kier molecular flexibility index (Phi) is 5.55. The molecule has 2 heterocycles. The molecule has 2 N–H and O–H groups in total. The molecule has 2 aromatic carbocycles. The van der Waals surface area contributed by atoms with Crippen LogP contribution in [0.2, 0.25) is 0 Å². The van der Waals surface area contributed by atoms with Crippen LogP contribution in [0.5, 0.6) is 5.75 Å². The highest BCUT2D eigenvalue weighted by molar-refractivity contribution is 5.86. The van der Waals surface area contributed by atoms with Crippen LogP contribution in [-0.2, 0) is 11.2 Å². The molecule has 0 aliphatic rings. The van der Waals surface area contributed by atoms with Gasteiger partial charge >= 0.3 is 5.63 Å². The summed E-state index contributed by atoms with van der Waals surface area (Å²) in [7, 11) is 0. The summed E-state index contributed by atoms with van der Waals surface area (Å²) in [4.78, 5) is 27.9. The van der Waals surface area contributed by atoms with E-state index in [-0.39, 0.29) is 11.5 Å². The highest BCUT2D eigenvalue weighted by atomic mass is 16.5. The molecule has 0 radical (unpaired) electrons. The number of nitrogens with one attached hydrogen (secondary N) is 2. The van der Waals surface area contributed by atoms with Crippen LogP contribution in [0.3, 0.4) is 0 Å². The Labute approximate surface area is 180 Å². The zero-order valence-corrected chi connectivity index (χ0v) is 18.2. The van der Waals surface area contributed by atoms with Crippen molar-refractivity contribution < 1.29 is 13.9 Å². The predicted molar refractivity (Wildman–Crippen MR) is 122 cm³/mol. The normalized spacial score (nSPS) is 12.3. The summed E-state index contributed by atoms with van der Waals surface area (Å²) in [6, 6.07) is 11.8. The van der Waals surface area contributed by atoms with Crippen molar-refractivity contribution in [3.05, 3.63) is 75.3 Å². The summed E-state index contributed by atoms with van der Waals surface area (Å²) < 4.78 is 11.4. The SMILES string of the molecule is Cc1c(C)c2ccc(O[C@H](C)C(=O)NCCc3c[nH]c4ccccc34)c(C)c2oc1=O. The van der Waals surface area contributed by atoms with E-state index in [0.29, 0.717) is 29.0 Å². The Balaban J connectivity index is 1.43. The topological polar surface area (TPSA) is 84.3 Å². The number of amides is 1. The molecule has 1 atom stereocenters. The molecule has 160 valence electrons. The first-order chi connectivity index (χ1) is 14.9. The second-order valence-corrected chi connectivity index (χ2v) is 7.87. The van der Waals surface area contributed by atoms with E-state index in [1.807, 2.05) is 50.4 Å². The maximum Gasteiger partial charge on any atom is 0.339 e. The Bertz CT molecular complexity index is 1330. The lowest BCUT2D eigenvalue weighted by molar-refractivity contribution is -0.127. The molecule has 0 aliphatic heterocycles. The number of carbonyl (C=O) groups excluding carboxylic acids is 1. The van der Waals surface area contributed by atoms with Crippen LogP contribution in [0, 0.1) is 20.8 Å². The molecule has 0 bridgehead atoms. The van der Waals surface area contributed by atoms with Crippen molar-refractivity contribution in [3.8, 4) is 5.75 Å². The fourth-order valence-electron chi connectivity index (χ4n) is 3.80. The lowest BCUT2D eigenvalue weighted by Gasteiger charge is -2.17. The summed E-state index contributed by atoms with van der Waals surface area (Å²) in [5, 5.41) is 4.98. The van der Waals surface area contributed by atoms with Crippen LogP contribution >= 0.6 is 0 Å². The van der Waals surface area contributed by atoms with E-state index in [9.17, 15) is 9.59 Å². The molecule has 0 fully saturated rings. The summed E-state index contributed by atoms with van der Waals surface area (Å²) >= 11 is 0. The van der Waals surface area contributed by atoms with Crippen molar-refractivity contribution in [2.24, 2.45) is 0 Å². The van der Waals surface area contributed by atoms with Crippen molar-refractivity contribution in [2.45, 2.75) is 40.2 Å². The van der Waals surface area contributed by atoms with Crippen molar-refractivity contribution >= 4 is 27.8 Å². The molecule has 2 aromatic heterocycles. The molecule has 0 unspecified atom stereocenters. The van der Waals surface area contributed by atoms with Gasteiger partial charge in [-0.15, -0.1) is 0 Å². The Morgan fingerprint density at radius 2 is 1.84 bits per heavy atom. The summed E-state index contributed by atoms with van der Waals surface area (Å²) in [5.74, 6) is 0.332. The molecular formula is C25H26N2O4. The zero-order chi connectivity index (χ0) is 22.1. The molecular weight excluding hydrogens is 392 g/mol. The molecule has 1 amide bonds. The number of para-hydroxylation sites is 1. The first-order valence-corrected chi connectivity index (χ1v) is 10.4. The molecule has 31 heavy (non-hydrogen) atoms. The average Bonchev–Trinajstić information content (AvgIpc) is 3.17. The Hall–Kier alpha value is -3.54. The maximum absolute atomic E-state index is 12.5. The molecule has 4 aromatic rings. The fourth-order valence-corrected chi connectivity index (χ4v) is 3.80. The second-order valence-electron chi connectivity index (χ2n) is 7.87. The van der Waals surface area contributed by atoms with Gasteiger partial charge in [0.15, 0.2) is 6.10 Å². The maximum atomic E-state index is 12.5. The van der Waals surface area contributed by atoms with Gasteiger partial charge in [-0.1, -0.05) is 18.2 Å². The fraction of sp³-hybridized carbons (Fsp3) is 0.280. The number of ether oxygens (including phenoxy) is 1. The smallest absolute Gasteiger partial charge is 0.339 e. The minimum atomic E-state index is -0.683. The molecule has 0 spiro atoms. The highest BCUT2D eigenvalue weighted by Crippen LogP contribution is 2.29. The number of aryl methyl sites for hydroxylation is 2. The van der Waals surface area contributed by atoms with E-state index in [1.165, 1.54) is 5.39 Å². The lowest BCUT2D eigenvalue weighted by Crippen LogP contribution is -2.37. The van der Waals surface area contributed by atoms with Gasteiger partial charge in [-0.3, -0.25) is 4.79 Å². The zero-order valence-electron chi connectivity index (χ0n) is 18.2. The van der Waals surface area contributed by atoms with Gasteiger partial charge in [0, 0.05) is 40.2 Å². The van der Waals surface area contributed by atoms with Crippen LogP contribution in [0.15, 0.2) is 51.8 Å². The quantitative estimate of drug-likeness (QED) is 0.457. The largest absolute Gasteiger partial charge is 0.480 e. The van der Waals surface area contributed by atoms with Crippen molar-refractivity contribution in [1.82, 2.24) is 10.3 Å². The number of rotatable bonds is 6. The number of hydrogen-bond donors (Lipinski definition) is 2. The van der Waals surface area contributed by atoms with Crippen LogP contribution in [0.25, 0.3) is 21.9 Å². The molecule has 6 nitrogen and oxygen atoms in total. The highest BCUT2D eigenvalue weighted by Gasteiger charge is 2.18. The van der Waals surface area contributed by atoms with E-state index >= 15 is 0 Å². The van der Waals surface area contributed by atoms with Crippen LogP contribution in [0.1, 0.15) is 29.2 Å². The van der Waals surface area contributed by atoms with Crippen molar-refractivity contribution in [2.75, 3.05) is 6.54 Å². The standard InChI is InChI=1S/C25H26N2O4/c1-14-15(2)25(29)31-23-16(3)22(10-9-19(14)23)30-17(4)24(28)26-12-11-18-13-27-21-8-6-5-7-20(18)21/h5-10,13,17,27H,11-12H2,1-4H3,(H,26,28)/t17-/m1/s1. The first-order valence-electron chi connectivity index (χ1n) is 10.4. The third kappa shape index (κ3) is 3.93. The molecule has 4 rings (SSSR count). The number of H-pyrrole nitrogens is 1. The van der Waals surface area contributed by atoms with Crippen molar-refractivity contribution in [1.29, 1.82) is 0 Å².